The van der Waals surface area contributed by atoms with Gasteiger partial charge in [0.25, 0.3) is 0 Å². The van der Waals surface area contributed by atoms with Crippen LogP contribution in [-0.4, -0.2) is 14.2 Å². The van der Waals surface area contributed by atoms with Gasteiger partial charge in [0.1, 0.15) is 11.5 Å². The SMILES string of the molecule is COc1ccc([C@@]23c4ccccc4[C@@]45c6ccccc6[C@H]6c7ccccc7[C@@](c7ccccc72)(c2cc(OC)c(C)cc24)C635)cc1C. The lowest BCUT2D eigenvalue weighted by Gasteiger charge is -2.51. The van der Waals surface area contributed by atoms with E-state index in [2.05, 4.69) is 141 Å². The third-order valence-electron chi connectivity index (χ3n) is 13.2. The summed E-state index contributed by atoms with van der Waals surface area (Å²) in [7, 11) is 3.60. The Morgan fingerprint density at radius 3 is 1.38 bits per heavy atom. The van der Waals surface area contributed by atoms with E-state index in [4.69, 9.17) is 9.47 Å². The molecule has 0 radical (unpaired) electrons. The standard InChI is InChI=1S/C45H34O2/c1-26-23-28(21-22-39(26)46-3)42-33-17-9-11-19-35(33)43-31-15-7-5-13-29(31)41-30-14-6-8-16-32(30)44(45(41,42)43,36-20-12-10-18-34(36)42)38-25-40(47-4)27(2)24-37(38)43/h5-25,41H,1-4H3/t41-,42+,43-,44+,45?/m0/s1. The number of fused-ring (bicyclic) bond motifs is 9. The lowest BCUT2D eigenvalue weighted by atomic mass is 9.47. The molecule has 0 bridgehead atoms. The summed E-state index contributed by atoms with van der Waals surface area (Å²) in [6, 6.07) is 49.7. The van der Waals surface area contributed by atoms with Crippen molar-refractivity contribution in [3.8, 4) is 11.5 Å². The number of rotatable bonds is 3. The molecule has 1 spiro atoms. The van der Waals surface area contributed by atoms with Crippen molar-refractivity contribution in [1.82, 2.24) is 0 Å². The Morgan fingerprint density at radius 1 is 0.426 bits per heavy atom. The summed E-state index contributed by atoms with van der Waals surface area (Å²) in [6.07, 6.45) is 0. The lowest BCUT2D eigenvalue weighted by Crippen LogP contribution is -2.55. The fourth-order valence-electron chi connectivity index (χ4n) is 12.5. The second kappa shape index (κ2) is 8.06. The van der Waals surface area contributed by atoms with Gasteiger partial charge in [-0.2, -0.15) is 0 Å². The smallest absolute Gasteiger partial charge is 0.122 e. The summed E-state index contributed by atoms with van der Waals surface area (Å²) >= 11 is 0. The van der Waals surface area contributed by atoms with Crippen molar-refractivity contribution in [2.24, 2.45) is 5.41 Å². The molecule has 0 aromatic heterocycles. The lowest BCUT2D eigenvalue weighted by molar-refractivity contribution is 0.125. The number of benzene rings is 6. The molecule has 2 nitrogen and oxygen atoms in total. The van der Waals surface area contributed by atoms with Crippen molar-refractivity contribution < 1.29 is 9.47 Å². The van der Waals surface area contributed by atoms with Gasteiger partial charge in [0.05, 0.1) is 30.5 Å². The van der Waals surface area contributed by atoms with Crippen molar-refractivity contribution in [2.75, 3.05) is 14.2 Å². The zero-order valence-corrected chi connectivity index (χ0v) is 27.0. The van der Waals surface area contributed by atoms with Crippen LogP contribution in [0.15, 0.2) is 127 Å². The average molecular weight is 607 g/mol. The molecule has 0 fully saturated rings. The molecule has 0 amide bonds. The molecule has 6 aromatic rings. The highest BCUT2D eigenvalue weighted by atomic mass is 16.5. The molecule has 1 unspecified atom stereocenters. The second-order valence-corrected chi connectivity index (χ2v) is 14.3. The first kappa shape index (κ1) is 26.0. The van der Waals surface area contributed by atoms with Crippen molar-refractivity contribution >= 4 is 0 Å². The normalized spacial score (nSPS) is 28.6. The molecule has 2 heteroatoms. The van der Waals surface area contributed by atoms with E-state index in [1.807, 2.05) is 7.11 Å². The van der Waals surface area contributed by atoms with E-state index in [1.165, 1.54) is 66.8 Å². The highest BCUT2D eigenvalue weighted by Gasteiger charge is 2.93. The zero-order chi connectivity index (χ0) is 31.5. The Morgan fingerprint density at radius 2 is 0.872 bits per heavy atom. The van der Waals surface area contributed by atoms with Crippen LogP contribution in [0.5, 0.6) is 11.5 Å². The maximum absolute atomic E-state index is 6.17. The fourth-order valence-corrected chi connectivity index (χ4v) is 12.5. The summed E-state index contributed by atoms with van der Waals surface area (Å²) in [4.78, 5) is 0. The molecule has 0 saturated carbocycles. The number of methoxy groups -OCH3 is 2. The topological polar surface area (TPSA) is 18.5 Å². The minimum absolute atomic E-state index is 0.163. The van der Waals surface area contributed by atoms with Gasteiger partial charge < -0.3 is 9.47 Å². The molecule has 5 aliphatic rings. The van der Waals surface area contributed by atoms with Crippen LogP contribution in [0.3, 0.4) is 0 Å². The summed E-state index contributed by atoms with van der Waals surface area (Å²) in [5.41, 5.74) is 16.5. The Balaban J connectivity index is 1.50. The van der Waals surface area contributed by atoms with Gasteiger partial charge in [0.2, 0.25) is 0 Å². The molecule has 6 aromatic carbocycles. The van der Waals surface area contributed by atoms with Gasteiger partial charge in [-0.05, 0) is 98.3 Å². The fraction of sp³-hybridized carbons (Fsp3) is 0.200. The van der Waals surface area contributed by atoms with Gasteiger partial charge in [-0.25, -0.2) is 0 Å². The van der Waals surface area contributed by atoms with Crippen LogP contribution in [0.4, 0.5) is 0 Å². The Kier molecular flexibility index (Phi) is 4.47. The molecule has 47 heavy (non-hydrogen) atoms. The molecule has 0 heterocycles. The molecule has 226 valence electrons. The zero-order valence-electron chi connectivity index (χ0n) is 27.0. The van der Waals surface area contributed by atoms with Crippen LogP contribution < -0.4 is 9.47 Å². The molecule has 11 rings (SSSR count). The molecular formula is C45H34O2. The van der Waals surface area contributed by atoms with E-state index >= 15 is 0 Å². The highest BCUT2D eigenvalue weighted by Crippen LogP contribution is 2.94. The first-order valence-electron chi connectivity index (χ1n) is 16.8. The Labute approximate surface area is 275 Å². The van der Waals surface area contributed by atoms with E-state index in [1.54, 1.807) is 7.11 Å². The first-order valence-corrected chi connectivity index (χ1v) is 16.8. The van der Waals surface area contributed by atoms with E-state index in [0.717, 1.165) is 17.1 Å². The van der Waals surface area contributed by atoms with Gasteiger partial charge in [0.15, 0.2) is 0 Å². The van der Waals surface area contributed by atoms with Gasteiger partial charge in [-0.15, -0.1) is 0 Å². The summed E-state index contributed by atoms with van der Waals surface area (Å²) in [5, 5.41) is 0. The van der Waals surface area contributed by atoms with Crippen LogP contribution in [0.1, 0.15) is 78.2 Å². The molecule has 0 aliphatic heterocycles. The Hall–Kier alpha value is -5.08. The van der Waals surface area contributed by atoms with Crippen LogP contribution >= 0.6 is 0 Å². The van der Waals surface area contributed by atoms with Crippen LogP contribution in [0.2, 0.25) is 0 Å². The van der Waals surface area contributed by atoms with Gasteiger partial charge in [-0.1, -0.05) is 115 Å². The number of aryl methyl sites for hydroxylation is 2. The summed E-state index contributed by atoms with van der Waals surface area (Å²) in [5.74, 6) is 2.05. The predicted molar refractivity (Wildman–Crippen MR) is 185 cm³/mol. The molecule has 5 aliphatic carbocycles. The molecule has 0 saturated heterocycles. The molecule has 5 atom stereocenters. The van der Waals surface area contributed by atoms with Crippen molar-refractivity contribution in [3.63, 3.8) is 0 Å². The summed E-state index contributed by atoms with van der Waals surface area (Å²) < 4.78 is 12.1. The van der Waals surface area contributed by atoms with Crippen LogP contribution in [-0.2, 0) is 16.2 Å². The minimum Gasteiger partial charge on any atom is -0.496 e. The average Bonchev–Trinajstić information content (AvgIpc) is 3.77. The Bertz CT molecular complexity index is 2390. The minimum atomic E-state index is -0.458. The largest absolute Gasteiger partial charge is 0.496 e. The monoisotopic (exact) mass is 606 g/mol. The van der Waals surface area contributed by atoms with E-state index < -0.39 is 16.2 Å². The number of ether oxygens (including phenoxy) is 2. The second-order valence-electron chi connectivity index (χ2n) is 14.3. The van der Waals surface area contributed by atoms with Gasteiger partial charge in [-0.3, -0.25) is 0 Å². The third-order valence-corrected chi connectivity index (χ3v) is 13.2. The van der Waals surface area contributed by atoms with Crippen LogP contribution in [0.25, 0.3) is 0 Å². The molecular weight excluding hydrogens is 572 g/mol. The van der Waals surface area contributed by atoms with E-state index in [9.17, 15) is 0 Å². The number of hydrogen-bond acceptors (Lipinski definition) is 2. The van der Waals surface area contributed by atoms with Crippen molar-refractivity contribution in [2.45, 2.75) is 36.0 Å². The van der Waals surface area contributed by atoms with Crippen molar-refractivity contribution in [1.29, 1.82) is 0 Å². The van der Waals surface area contributed by atoms with E-state index in [-0.39, 0.29) is 11.3 Å². The van der Waals surface area contributed by atoms with E-state index in [0.29, 0.717) is 0 Å². The maximum atomic E-state index is 6.17. The number of hydrogen-bond donors (Lipinski definition) is 0. The molecule has 0 N–H and O–H groups in total. The summed E-state index contributed by atoms with van der Waals surface area (Å²) in [6.45, 7) is 4.42. The van der Waals surface area contributed by atoms with Crippen LogP contribution in [0, 0.1) is 19.3 Å². The highest BCUT2D eigenvalue weighted by molar-refractivity contribution is 5.93. The maximum Gasteiger partial charge on any atom is 0.122 e. The quantitative estimate of drug-likeness (QED) is 0.200. The first-order chi connectivity index (χ1) is 23.1. The van der Waals surface area contributed by atoms with Crippen molar-refractivity contribution in [3.05, 3.63) is 200 Å². The van der Waals surface area contributed by atoms with Gasteiger partial charge >= 0.3 is 0 Å². The third kappa shape index (κ3) is 2.22. The predicted octanol–water partition coefficient (Wildman–Crippen LogP) is 9.11. The van der Waals surface area contributed by atoms with Gasteiger partial charge in [0, 0.05) is 11.3 Å².